The standard InChI is InChI=1S/C19H20O2.C17H23NO4.C17H24O4.C16H22O4.C16H20O4.C10H14.C5H8O2/c1-4-14(3)16-10-12-18(13-11-16)21-19(20)17-8-6-15(5-2)7-9-17;1-5-13(4)14-6-8-15(9-7-14)22-17(20)18-10-11-21-16(19)12(2)3;1-5-13(4)14-6-8-16(9-7-14)20-10-15(18)11-21-17(19)12(2)3;1-4-12(3)13-6-8-15(9-7-13)19-10-14(17)11-20-16(18)5-2;1-4-12(3)13-6-8-14(9-7-13)16(18)20-11-10-19-15(17)5-2;1-3-9(2)10-7-5-4-6-8-10;1-3-5(6)7-4-2/h5-14H,2,4H2,1,3H3;6-9,13H,2,5,10-11H2,1,3-4H3,(H,18,20);6-9,13,15,18H,2,5,10-11H2,1,3-4H3;5-9,12,14,17H,2,4,10-11H2,1,3H3;5-9,12H,2,4,10-11H2,1,3H3;4-9H,3H2,1-2H3;3H,1,4H2,2H3. The minimum absolute atomic E-state index is 0.0293. The molecule has 21 nitrogen and oxygen atoms in total. The molecule has 0 heterocycles. The van der Waals surface area contributed by atoms with Crippen LogP contribution in [0.5, 0.6) is 23.0 Å². The number of aliphatic hydroxyl groups excluding tert-OH is 2. The summed E-state index contributed by atoms with van der Waals surface area (Å²) in [5, 5.41) is 21.8. The van der Waals surface area contributed by atoms with Gasteiger partial charge in [-0.3, -0.25) is 0 Å². The van der Waals surface area contributed by atoms with E-state index in [4.69, 9.17) is 42.6 Å². The first kappa shape index (κ1) is 107. The van der Waals surface area contributed by atoms with E-state index in [0.717, 1.165) is 55.9 Å². The zero-order chi connectivity index (χ0) is 90.6. The zero-order valence-electron chi connectivity index (χ0n) is 73.8. The van der Waals surface area contributed by atoms with Gasteiger partial charge in [-0.05, 0) is 207 Å². The van der Waals surface area contributed by atoms with Crippen LogP contribution in [0.25, 0.3) is 6.08 Å². The number of esters is 7. The average Bonchev–Trinajstić information content (AvgIpc) is 0.484. The van der Waals surface area contributed by atoms with Gasteiger partial charge in [0.1, 0.15) is 81.5 Å². The second-order valence-corrected chi connectivity index (χ2v) is 28.2. The molecule has 21 heteroatoms. The quantitative estimate of drug-likeness (QED) is 0.0106. The molecular weight excluding hydrogens is 1540 g/mol. The van der Waals surface area contributed by atoms with E-state index in [1.807, 2.05) is 109 Å². The number of hydrogen-bond donors (Lipinski definition) is 3. The lowest BCUT2D eigenvalue weighted by atomic mass is 9.98. The Labute approximate surface area is 718 Å². The first-order chi connectivity index (χ1) is 57.8. The Morgan fingerprint density at radius 3 is 1.04 bits per heavy atom. The van der Waals surface area contributed by atoms with Crippen molar-refractivity contribution in [2.24, 2.45) is 0 Å². The monoisotopic (exact) mass is 1670 g/mol. The number of ether oxygens (including phenoxy) is 10. The Kier molecular flexibility index (Phi) is 55.9. The third kappa shape index (κ3) is 46.9. The third-order valence-electron chi connectivity index (χ3n) is 18.7. The molecule has 0 aromatic heterocycles. The number of benzene rings is 7. The summed E-state index contributed by atoms with van der Waals surface area (Å²) >= 11 is 0. The van der Waals surface area contributed by atoms with E-state index in [0.29, 0.717) is 87.4 Å². The number of amides is 1. The number of carbonyl (C=O) groups excluding carboxylic acids is 8. The number of aliphatic hydroxyl groups is 2. The van der Waals surface area contributed by atoms with Gasteiger partial charge in [-0.2, -0.15) is 0 Å². The number of hydrogen-bond acceptors (Lipinski definition) is 20. The minimum Gasteiger partial charge on any atom is -0.491 e. The second-order valence-electron chi connectivity index (χ2n) is 28.2. The summed E-state index contributed by atoms with van der Waals surface area (Å²) in [6.07, 6.45) is 9.32. The van der Waals surface area contributed by atoms with Crippen LogP contribution in [0, 0.1) is 0 Å². The Balaban J connectivity index is 0.000000721. The van der Waals surface area contributed by atoms with Crippen LogP contribution >= 0.6 is 0 Å². The van der Waals surface area contributed by atoms with Crippen molar-refractivity contribution < 1.29 is 95.9 Å². The average molecular weight is 1670 g/mol. The maximum Gasteiger partial charge on any atom is 0.412 e. The van der Waals surface area contributed by atoms with Crippen LogP contribution in [-0.4, -0.2) is 130 Å². The molecule has 8 unspecified atom stereocenters. The first-order valence-corrected chi connectivity index (χ1v) is 41.1. The molecule has 0 fully saturated rings. The highest BCUT2D eigenvalue weighted by atomic mass is 16.6. The number of carbonyl (C=O) groups is 8. The predicted octanol–water partition coefficient (Wildman–Crippen LogP) is 21.2. The molecule has 7 aromatic carbocycles. The third-order valence-corrected chi connectivity index (χ3v) is 18.7. The van der Waals surface area contributed by atoms with Crippen molar-refractivity contribution >= 4 is 54.0 Å². The first-order valence-electron chi connectivity index (χ1n) is 41.1. The Bertz CT molecular complexity index is 4190. The summed E-state index contributed by atoms with van der Waals surface area (Å²) in [6, 6.07) is 55.9. The summed E-state index contributed by atoms with van der Waals surface area (Å²) < 4.78 is 50.0. The lowest BCUT2D eigenvalue weighted by Crippen LogP contribution is -2.30. The maximum absolute atomic E-state index is 12.0. The fourth-order valence-electron chi connectivity index (χ4n) is 9.78. The molecule has 8 atom stereocenters. The van der Waals surface area contributed by atoms with E-state index in [9.17, 15) is 48.6 Å². The highest BCUT2D eigenvalue weighted by Crippen LogP contribution is 2.27. The number of nitrogens with one attached hydrogen (secondary N) is 1. The molecule has 0 aliphatic carbocycles. The van der Waals surface area contributed by atoms with E-state index < -0.39 is 48.1 Å². The molecule has 3 N–H and O–H groups in total. The van der Waals surface area contributed by atoms with E-state index >= 15 is 0 Å². The number of rotatable bonds is 39. The molecule has 0 bridgehead atoms. The summed E-state index contributed by atoms with van der Waals surface area (Å²) in [5.74, 6) is 2.44. The van der Waals surface area contributed by atoms with Crippen LogP contribution in [0.4, 0.5) is 4.79 Å². The van der Waals surface area contributed by atoms with E-state index in [1.54, 1.807) is 63.2 Å². The van der Waals surface area contributed by atoms with Crippen LogP contribution in [-0.2, 0) is 52.4 Å². The minimum atomic E-state index is -0.859. The smallest absolute Gasteiger partial charge is 0.412 e. The fourth-order valence-corrected chi connectivity index (χ4v) is 9.78. The van der Waals surface area contributed by atoms with Gasteiger partial charge in [0.25, 0.3) is 0 Å². The van der Waals surface area contributed by atoms with E-state index in [-0.39, 0.29) is 64.7 Å². The molecule has 7 rings (SSSR count). The lowest BCUT2D eigenvalue weighted by molar-refractivity contribution is -0.142. The van der Waals surface area contributed by atoms with Gasteiger partial charge in [-0.1, -0.05) is 232 Å². The van der Waals surface area contributed by atoms with Crippen LogP contribution < -0.4 is 24.3 Å². The SMILES string of the molecule is C=C(C)C(=O)OCC(O)COc1ccc(C(C)CC)cc1.C=C(C)C(=O)OCCNC(=O)Oc1ccc(C(C)CC)cc1.C=CC(=O)OCC.C=CC(=O)OCC(O)COc1ccc(C(C)CC)cc1.C=CC(=O)OCCOC(=O)c1ccc(C(C)CC)cc1.C=Cc1ccc(C(=O)Oc2ccc(C(C)CC)cc2)cc1.CCC(C)c1ccccc1. The topological polar surface area (TPSA) is 281 Å². The van der Waals surface area contributed by atoms with Crippen LogP contribution in [0.15, 0.2) is 245 Å². The van der Waals surface area contributed by atoms with Gasteiger partial charge in [0, 0.05) is 29.4 Å². The van der Waals surface area contributed by atoms with Gasteiger partial charge in [-0.15, -0.1) is 0 Å². The van der Waals surface area contributed by atoms with Gasteiger partial charge < -0.3 is 62.9 Å². The van der Waals surface area contributed by atoms with Gasteiger partial charge in [-0.25, -0.2) is 38.4 Å². The Morgan fingerprint density at radius 2 is 0.678 bits per heavy atom. The fraction of sp³-hybridized carbons (Fsp3) is 0.380. The van der Waals surface area contributed by atoms with Gasteiger partial charge in [0.2, 0.25) is 0 Å². The summed E-state index contributed by atoms with van der Waals surface area (Å²) in [6.45, 7) is 51.9. The van der Waals surface area contributed by atoms with Crippen molar-refractivity contribution in [2.75, 3.05) is 59.4 Å². The maximum atomic E-state index is 12.0. The van der Waals surface area contributed by atoms with Crippen LogP contribution in [0.3, 0.4) is 0 Å². The van der Waals surface area contributed by atoms with Gasteiger partial charge >= 0.3 is 47.9 Å². The van der Waals surface area contributed by atoms with Gasteiger partial charge in [0.15, 0.2) is 0 Å². The molecule has 0 aliphatic rings. The Hall–Kier alpha value is -11.9. The molecule has 121 heavy (non-hydrogen) atoms. The van der Waals surface area contributed by atoms with Crippen molar-refractivity contribution in [1.29, 1.82) is 0 Å². The normalized spacial score (nSPS) is 12.0. The summed E-state index contributed by atoms with van der Waals surface area (Å²) in [4.78, 5) is 89.3. The van der Waals surface area contributed by atoms with Crippen molar-refractivity contribution in [3.8, 4) is 23.0 Å². The zero-order valence-corrected chi connectivity index (χ0v) is 73.8. The van der Waals surface area contributed by atoms with Crippen molar-refractivity contribution in [1.82, 2.24) is 5.32 Å². The van der Waals surface area contributed by atoms with Gasteiger partial charge in [0.05, 0.1) is 24.3 Å². The highest BCUT2D eigenvalue weighted by molar-refractivity contribution is 5.91. The van der Waals surface area contributed by atoms with Crippen molar-refractivity contribution in [2.45, 2.75) is 190 Å². The molecule has 0 spiro atoms. The van der Waals surface area contributed by atoms with E-state index in [2.05, 4.69) is 163 Å². The Morgan fingerprint density at radius 1 is 0.355 bits per heavy atom. The molecule has 0 saturated carbocycles. The summed E-state index contributed by atoms with van der Waals surface area (Å²) in [7, 11) is 0. The summed E-state index contributed by atoms with van der Waals surface area (Å²) in [5.41, 5.74) is 10.3. The molecule has 0 aliphatic heterocycles. The molecule has 656 valence electrons. The molecule has 0 radical (unpaired) electrons. The van der Waals surface area contributed by atoms with Crippen molar-refractivity contribution in [3.05, 3.63) is 295 Å². The van der Waals surface area contributed by atoms with Crippen LogP contribution in [0.1, 0.15) is 238 Å². The second kappa shape index (κ2) is 63.1. The molecule has 7 aromatic rings. The largest absolute Gasteiger partial charge is 0.491 e. The van der Waals surface area contributed by atoms with E-state index in [1.165, 1.54) is 39.8 Å². The van der Waals surface area contributed by atoms with Crippen molar-refractivity contribution in [3.63, 3.8) is 0 Å². The molecule has 1 amide bonds. The molecular formula is C100H131NO20. The highest BCUT2D eigenvalue weighted by Gasteiger charge is 2.16. The molecule has 0 saturated heterocycles. The lowest BCUT2D eigenvalue weighted by Gasteiger charge is -2.14. The van der Waals surface area contributed by atoms with Crippen LogP contribution in [0.2, 0.25) is 0 Å². The predicted molar refractivity (Wildman–Crippen MR) is 480 cm³/mol.